The van der Waals surface area contributed by atoms with E-state index in [1.165, 1.54) is 7.11 Å². The molecule has 0 bridgehead atoms. The molecule has 1 saturated heterocycles. The van der Waals surface area contributed by atoms with Crippen LogP contribution in [0.15, 0.2) is 0 Å². The van der Waals surface area contributed by atoms with Crippen molar-refractivity contribution < 1.29 is 19.0 Å². The first-order chi connectivity index (χ1) is 7.06. The smallest absolute Gasteiger partial charge is 0.327 e. The van der Waals surface area contributed by atoms with Crippen LogP contribution in [0.3, 0.4) is 0 Å². The molecule has 0 amide bonds. The monoisotopic (exact) mass is 217 g/mol. The molecule has 1 aliphatic rings. The first kappa shape index (κ1) is 12.4. The van der Waals surface area contributed by atoms with E-state index in [9.17, 15) is 4.79 Å². The summed E-state index contributed by atoms with van der Waals surface area (Å²) in [5.41, 5.74) is 4.66. The highest BCUT2D eigenvalue weighted by atomic mass is 16.5. The molecule has 5 nitrogen and oxygen atoms in total. The van der Waals surface area contributed by atoms with Crippen LogP contribution < -0.4 is 5.73 Å². The number of carbonyl (C=O) groups is 1. The van der Waals surface area contributed by atoms with E-state index in [4.69, 9.17) is 15.2 Å². The normalized spacial score (nSPS) is 24.9. The number of ether oxygens (including phenoxy) is 3. The van der Waals surface area contributed by atoms with Gasteiger partial charge >= 0.3 is 5.97 Å². The third kappa shape index (κ3) is 3.77. The third-order valence-corrected chi connectivity index (χ3v) is 2.43. The Labute approximate surface area is 89.9 Å². The van der Waals surface area contributed by atoms with Gasteiger partial charge in [-0.2, -0.15) is 0 Å². The lowest BCUT2D eigenvalue weighted by molar-refractivity contribution is -0.148. The molecule has 0 aliphatic carbocycles. The lowest BCUT2D eigenvalue weighted by atomic mass is 10.1. The van der Waals surface area contributed by atoms with Crippen molar-refractivity contribution in [1.82, 2.24) is 0 Å². The second-order valence-electron chi connectivity index (χ2n) is 4.15. The first-order valence-electron chi connectivity index (χ1n) is 5.09. The van der Waals surface area contributed by atoms with Gasteiger partial charge in [-0.3, -0.25) is 0 Å². The van der Waals surface area contributed by atoms with Crippen molar-refractivity contribution in [3.8, 4) is 0 Å². The Balaban J connectivity index is 2.20. The molecular weight excluding hydrogens is 198 g/mol. The molecule has 0 aromatic heterocycles. The van der Waals surface area contributed by atoms with E-state index >= 15 is 0 Å². The van der Waals surface area contributed by atoms with Crippen molar-refractivity contribution in [2.24, 2.45) is 11.7 Å². The highest BCUT2D eigenvalue weighted by Gasteiger charge is 2.30. The van der Waals surface area contributed by atoms with Crippen molar-refractivity contribution >= 4 is 5.97 Å². The molecule has 0 aromatic carbocycles. The SMILES string of the molecule is COC(=O)C(C)(N)COCC1CCOC1. The van der Waals surface area contributed by atoms with Crippen LogP contribution in [0, 0.1) is 5.92 Å². The fraction of sp³-hybridized carbons (Fsp3) is 0.900. The summed E-state index contributed by atoms with van der Waals surface area (Å²) in [4.78, 5) is 11.2. The van der Waals surface area contributed by atoms with E-state index in [2.05, 4.69) is 4.74 Å². The molecular formula is C10H19NO4. The largest absolute Gasteiger partial charge is 0.468 e. The Morgan fingerprint density at radius 2 is 2.40 bits per heavy atom. The fourth-order valence-electron chi connectivity index (χ4n) is 1.44. The van der Waals surface area contributed by atoms with Crippen molar-refractivity contribution in [1.29, 1.82) is 0 Å². The Bertz CT molecular complexity index is 211. The van der Waals surface area contributed by atoms with E-state index < -0.39 is 11.5 Å². The number of nitrogens with two attached hydrogens (primary N) is 1. The summed E-state index contributed by atoms with van der Waals surface area (Å²) in [6.45, 7) is 3.90. The molecule has 2 unspecified atom stereocenters. The molecule has 1 heterocycles. The maximum Gasteiger partial charge on any atom is 0.327 e. The number of rotatable bonds is 5. The molecule has 0 radical (unpaired) electrons. The molecule has 2 atom stereocenters. The Hall–Kier alpha value is -0.650. The average Bonchev–Trinajstić information content (AvgIpc) is 2.69. The van der Waals surface area contributed by atoms with Crippen LogP contribution >= 0.6 is 0 Å². The van der Waals surface area contributed by atoms with Crippen molar-refractivity contribution in [3.05, 3.63) is 0 Å². The van der Waals surface area contributed by atoms with Crippen LogP contribution in [0.1, 0.15) is 13.3 Å². The van der Waals surface area contributed by atoms with Crippen LogP contribution in [0.5, 0.6) is 0 Å². The zero-order valence-electron chi connectivity index (χ0n) is 9.32. The topological polar surface area (TPSA) is 70.8 Å². The maximum absolute atomic E-state index is 11.2. The van der Waals surface area contributed by atoms with Gasteiger partial charge in [0.1, 0.15) is 5.54 Å². The predicted octanol–water partition coefficient (Wildman–Crippen LogP) is -0.0701. The summed E-state index contributed by atoms with van der Waals surface area (Å²) in [5, 5.41) is 0. The maximum atomic E-state index is 11.2. The Kier molecular flexibility index (Phi) is 4.50. The standard InChI is InChI=1S/C10H19NO4/c1-10(11,9(12)13-2)7-15-6-8-3-4-14-5-8/h8H,3-7,11H2,1-2H3. The molecule has 0 spiro atoms. The van der Waals surface area contributed by atoms with Gasteiger partial charge in [-0.1, -0.05) is 0 Å². The van der Waals surface area contributed by atoms with E-state index in [1.54, 1.807) is 6.92 Å². The predicted molar refractivity (Wildman–Crippen MR) is 54.4 cm³/mol. The summed E-state index contributed by atoms with van der Waals surface area (Å²) < 4.78 is 15.2. The van der Waals surface area contributed by atoms with Gasteiger partial charge in [0.2, 0.25) is 0 Å². The second kappa shape index (κ2) is 5.44. The van der Waals surface area contributed by atoms with Crippen molar-refractivity contribution in [2.75, 3.05) is 33.5 Å². The Morgan fingerprint density at radius 3 is 2.93 bits per heavy atom. The average molecular weight is 217 g/mol. The highest BCUT2D eigenvalue weighted by Crippen LogP contribution is 2.13. The quantitative estimate of drug-likeness (QED) is 0.653. The summed E-state index contributed by atoms with van der Waals surface area (Å²) in [6, 6.07) is 0. The molecule has 2 N–H and O–H groups in total. The number of esters is 1. The summed E-state index contributed by atoms with van der Waals surface area (Å²) >= 11 is 0. The van der Waals surface area contributed by atoms with Crippen molar-refractivity contribution in [2.45, 2.75) is 18.9 Å². The summed E-state index contributed by atoms with van der Waals surface area (Å²) in [7, 11) is 1.32. The molecule has 0 aromatic rings. The molecule has 1 rings (SSSR count). The fourth-order valence-corrected chi connectivity index (χ4v) is 1.44. The van der Waals surface area contributed by atoms with Gasteiger partial charge in [-0.15, -0.1) is 0 Å². The minimum atomic E-state index is -1.06. The first-order valence-corrected chi connectivity index (χ1v) is 5.09. The van der Waals surface area contributed by atoms with Gasteiger partial charge in [-0.05, 0) is 13.3 Å². The Morgan fingerprint density at radius 1 is 1.67 bits per heavy atom. The van der Waals surface area contributed by atoms with Gasteiger partial charge < -0.3 is 19.9 Å². The van der Waals surface area contributed by atoms with Gasteiger partial charge in [0.05, 0.1) is 26.9 Å². The number of hydrogen-bond acceptors (Lipinski definition) is 5. The van der Waals surface area contributed by atoms with Crippen LogP contribution in [0.2, 0.25) is 0 Å². The molecule has 1 fully saturated rings. The summed E-state index contributed by atoms with van der Waals surface area (Å²) in [6.07, 6.45) is 1.01. The zero-order valence-corrected chi connectivity index (χ0v) is 9.32. The summed E-state index contributed by atoms with van der Waals surface area (Å²) in [5.74, 6) is -0.0244. The second-order valence-corrected chi connectivity index (χ2v) is 4.15. The lowest BCUT2D eigenvalue weighted by Gasteiger charge is -2.21. The van der Waals surface area contributed by atoms with E-state index in [0.29, 0.717) is 12.5 Å². The number of carbonyl (C=O) groups excluding carboxylic acids is 1. The molecule has 15 heavy (non-hydrogen) atoms. The van der Waals surface area contributed by atoms with Gasteiger partial charge in [0.25, 0.3) is 0 Å². The number of methoxy groups -OCH3 is 1. The van der Waals surface area contributed by atoms with Crippen LogP contribution in [-0.2, 0) is 19.0 Å². The zero-order chi connectivity index (χ0) is 11.3. The van der Waals surface area contributed by atoms with Gasteiger partial charge in [-0.25, -0.2) is 4.79 Å². The van der Waals surface area contributed by atoms with E-state index in [-0.39, 0.29) is 6.61 Å². The third-order valence-electron chi connectivity index (χ3n) is 2.43. The minimum Gasteiger partial charge on any atom is -0.468 e. The van der Waals surface area contributed by atoms with Crippen LogP contribution in [0.4, 0.5) is 0 Å². The van der Waals surface area contributed by atoms with Gasteiger partial charge in [0, 0.05) is 12.5 Å². The van der Waals surface area contributed by atoms with E-state index in [0.717, 1.165) is 19.6 Å². The van der Waals surface area contributed by atoms with Crippen molar-refractivity contribution in [3.63, 3.8) is 0 Å². The molecule has 1 aliphatic heterocycles. The van der Waals surface area contributed by atoms with E-state index in [1.807, 2.05) is 0 Å². The minimum absolute atomic E-state index is 0.177. The lowest BCUT2D eigenvalue weighted by Crippen LogP contribution is -2.50. The van der Waals surface area contributed by atoms with Crippen LogP contribution in [-0.4, -0.2) is 45.0 Å². The molecule has 0 saturated carbocycles. The van der Waals surface area contributed by atoms with Crippen LogP contribution in [0.25, 0.3) is 0 Å². The highest BCUT2D eigenvalue weighted by molar-refractivity contribution is 5.80. The molecule has 5 heteroatoms. The molecule has 88 valence electrons. The number of hydrogen-bond donors (Lipinski definition) is 1. The van der Waals surface area contributed by atoms with Gasteiger partial charge in [0.15, 0.2) is 0 Å².